The molecule has 0 saturated carbocycles. The Bertz CT molecular complexity index is 984. The van der Waals surface area contributed by atoms with Gasteiger partial charge >= 0.3 is 19.8 Å². The second kappa shape index (κ2) is 49.4. The minimum absolute atomic E-state index is 0.0584. The van der Waals surface area contributed by atoms with E-state index in [1.807, 2.05) is 0 Å². The topological polar surface area (TPSA) is 134 Å². The Hall–Kier alpha value is -0.990. The monoisotopic (exact) mass is 902 g/mol. The predicted octanol–water partition coefficient (Wildman–Crippen LogP) is 16.3. The first kappa shape index (κ1) is 61.0. The molecule has 0 aliphatic carbocycles. The van der Waals surface area contributed by atoms with Crippen LogP contribution in [0.2, 0.25) is 0 Å². The number of nitrogens with two attached hydrogens (primary N) is 1. The minimum Gasteiger partial charge on any atom is -0.462 e. The highest BCUT2D eigenvalue weighted by Gasteiger charge is 2.26. The number of rotatable bonds is 52. The van der Waals surface area contributed by atoms with Gasteiger partial charge in [-0.1, -0.05) is 264 Å². The first-order chi connectivity index (χ1) is 30.3. The van der Waals surface area contributed by atoms with Gasteiger partial charge in [0.2, 0.25) is 0 Å². The molecule has 370 valence electrons. The van der Waals surface area contributed by atoms with Crippen LogP contribution in [-0.2, 0) is 32.7 Å². The Labute approximate surface area is 384 Å². The fourth-order valence-corrected chi connectivity index (χ4v) is 8.99. The largest absolute Gasteiger partial charge is 0.472 e. The van der Waals surface area contributed by atoms with Gasteiger partial charge in [-0.2, -0.15) is 0 Å². The molecule has 0 radical (unpaired) electrons. The maximum absolute atomic E-state index is 12.7. The van der Waals surface area contributed by atoms with E-state index in [9.17, 15) is 19.0 Å². The first-order valence-corrected chi connectivity index (χ1v) is 28.5. The standard InChI is InChI=1S/C52H104NO8P/c1-3-5-7-9-11-13-15-17-19-20-21-22-23-24-25-26-27-28-29-31-33-35-37-39-41-43-45-52(55)61-50(49-60-62(56,57)59-47-46-53)48-58-51(54)44-42-40-38-36-34-32-30-18-16-14-12-10-8-6-4-2/h50H,3-49,53H2,1-2H3,(H,56,57). The zero-order valence-electron chi connectivity index (χ0n) is 41.1. The first-order valence-electron chi connectivity index (χ1n) is 27.0. The lowest BCUT2D eigenvalue weighted by Crippen LogP contribution is -2.29. The van der Waals surface area contributed by atoms with Crippen molar-refractivity contribution in [3.05, 3.63) is 0 Å². The second-order valence-corrected chi connectivity index (χ2v) is 19.9. The smallest absolute Gasteiger partial charge is 0.462 e. The average molecular weight is 902 g/mol. The van der Waals surface area contributed by atoms with E-state index in [1.165, 1.54) is 225 Å². The summed E-state index contributed by atoms with van der Waals surface area (Å²) >= 11 is 0. The molecule has 0 fully saturated rings. The number of unbranched alkanes of at least 4 members (excludes halogenated alkanes) is 39. The SMILES string of the molecule is CCCCCCCCCCCCCCCCCCCCCCCCCCCCC(=O)OC(COC(=O)CCCCCCCCCCCCCCCCC)COP(=O)(O)OCCN. The van der Waals surface area contributed by atoms with Gasteiger partial charge in [0.25, 0.3) is 0 Å². The Morgan fingerprint density at radius 2 is 0.694 bits per heavy atom. The molecule has 0 saturated heterocycles. The highest BCUT2D eigenvalue weighted by Crippen LogP contribution is 2.43. The van der Waals surface area contributed by atoms with E-state index in [1.54, 1.807) is 0 Å². The van der Waals surface area contributed by atoms with Crippen LogP contribution >= 0.6 is 7.82 Å². The number of esters is 2. The Morgan fingerprint density at radius 1 is 0.419 bits per heavy atom. The van der Waals surface area contributed by atoms with E-state index >= 15 is 0 Å². The van der Waals surface area contributed by atoms with Gasteiger partial charge in [0.15, 0.2) is 6.10 Å². The Kier molecular flexibility index (Phi) is 48.7. The fourth-order valence-electron chi connectivity index (χ4n) is 8.23. The normalized spacial score (nSPS) is 13.0. The van der Waals surface area contributed by atoms with Gasteiger partial charge < -0.3 is 20.1 Å². The molecule has 0 amide bonds. The fraction of sp³-hybridized carbons (Fsp3) is 0.962. The second-order valence-electron chi connectivity index (χ2n) is 18.5. The number of phosphoric ester groups is 1. The summed E-state index contributed by atoms with van der Waals surface area (Å²) < 4.78 is 33.0. The van der Waals surface area contributed by atoms with Crippen LogP contribution in [0.3, 0.4) is 0 Å². The maximum Gasteiger partial charge on any atom is 0.472 e. The van der Waals surface area contributed by atoms with Crippen LogP contribution in [0.4, 0.5) is 0 Å². The molecule has 62 heavy (non-hydrogen) atoms. The Balaban J connectivity index is 3.91. The Morgan fingerprint density at radius 3 is 0.984 bits per heavy atom. The van der Waals surface area contributed by atoms with Crippen molar-refractivity contribution in [2.45, 2.75) is 296 Å². The van der Waals surface area contributed by atoms with Gasteiger partial charge in [-0.25, -0.2) is 4.57 Å². The minimum atomic E-state index is -4.37. The summed E-state index contributed by atoms with van der Waals surface area (Å²) in [5.74, 6) is -0.806. The molecule has 3 N–H and O–H groups in total. The quantitative estimate of drug-likeness (QED) is 0.0347. The number of hydrogen-bond acceptors (Lipinski definition) is 8. The van der Waals surface area contributed by atoms with Crippen LogP contribution in [-0.4, -0.2) is 49.3 Å². The van der Waals surface area contributed by atoms with Crippen molar-refractivity contribution in [3.8, 4) is 0 Å². The van der Waals surface area contributed by atoms with Gasteiger partial charge in [0.1, 0.15) is 6.61 Å². The number of phosphoric acid groups is 1. The number of carbonyl (C=O) groups excluding carboxylic acids is 2. The van der Waals surface area contributed by atoms with Crippen LogP contribution in [0.15, 0.2) is 0 Å². The molecule has 0 spiro atoms. The van der Waals surface area contributed by atoms with Gasteiger partial charge in [-0.05, 0) is 12.8 Å². The zero-order valence-corrected chi connectivity index (χ0v) is 42.0. The molecule has 0 bridgehead atoms. The summed E-state index contributed by atoms with van der Waals surface area (Å²) in [4.78, 5) is 35.0. The summed E-state index contributed by atoms with van der Waals surface area (Å²) in [6, 6.07) is 0. The third kappa shape index (κ3) is 48.5. The van der Waals surface area contributed by atoms with Gasteiger partial charge in [-0.3, -0.25) is 18.6 Å². The van der Waals surface area contributed by atoms with Crippen molar-refractivity contribution in [2.24, 2.45) is 5.73 Å². The lowest BCUT2D eigenvalue weighted by molar-refractivity contribution is -0.161. The lowest BCUT2D eigenvalue weighted by Gasteiger charge is -2.19. The van der Waals surface area contributed by atoms with E-state index in [0.29, 0.717) is 6.42 Å². The summed E-state index contributed by atoms with van der Waals surface area (Å²) in [5, 5.41) is 0. The molecule has 0 heterocycles. The predicted molar refractivity (Wildman–Crippen MR) is 262 cm³/mol. The van der Waals surface area contributed by atoms with Crippen LogP contribution in [0, 0.1) is 0 Å². The van der Waals surface area contributed by atoms with Gasteiger partial charge in [-0.15, -0.1) is 0 Å². The van der Waals surface area contributed by atoms with Crippen molar-refractivity contribution in [1.82, 2.24) is 0 Å². The van der Waals surface area contributed by atoms with Crippen LogP contribution in [0.25, 0.3) is 0 Å². The van der Waals surface area contributed by atoms with E-state index in [4.69, 9.17) is 24.3 Å². The highest BCUT2D eigenvalue weighted by atomic mass is 31.2. The molecule has 2 atom stereocenters. The van der Waals surface area contributed by atoms with Crippen LogP contribution in [0.1, 0.15) is 290 Å². The van der Waals surface area contributed by atoms with Gasteiger partial charge in [0.05, 0.1) is 13.2 Å². The third-order valence-corrected chi connectivity index (χ3v) is 13.2. The lowest BCUT2D eigenvalue weighted by atomic mass is 10.0. The number of ether oxygens (including phenoxy) is 2. The van der Waals surface area contributed by atoms with Crippen molar-refractivity contribution in [1.29, 1.82) is 0 Å². The molecular weight excluding hydrogens is 798 g/mol. The summed E-state index contributed by atoms with van der Waals surface area (Å²) in [6.07, 6.45) is 53.0. The molecule has 9 nitrogen and oxygen atoms in total. The molecular formula is C52H104NO8P. The van der Waals surface area contributed by atoms with Crippen molar-refractivity contribution < 1.29 is 37.6 Å². The van der Waals surface area contributed by atoms with E-state index in [2.05, 4.69) is 13.8 Å². The molecule has 0 aliphatic heterocycles. The number of carbonyl (C=O) groups is 2. The molecule has 0 aliphatic rings. The summed E-state index contributed by atoms with van der Waals surface area (Å²) in [7, 11) is -4.37. The zero-order chi connectivity index (χ0) is 45.3. The van der Waals surface area contributed by atoms with E-state index in [-0.39, 0.29) is 38.6 Å². The molecule has 0 aromatic heterocycles. The molecule has 0 aromatic rings. The van der Waals surface area contributed by atoms with Crippen LogP contribution < -0.4 is 5.73 Å². The van der Waals surface area contributed by atoms with E-state index < -0.39 is 26.5 Å². The average Bonchev–Trinajstić information content (AvgIpc) is 3.26. The van der Waals surface area contributed by atoms with Crippen molar-refractivity contribution in [3.63, 3.8) is 0 Å². The third-order valence-electron chi connectivity index (χ3n) is 12.2. The maximum atomic E-state index is 12.7. The van der Waals surface area contributed by atoms with Gasteiger partial charge in [0, 0.05) is 19.4 Å². The van der Waals surface area contributed by atoms with E-state index in [0.717, 1.165) is 32.1 Å². The molecule has 10 heteroatoms. The summed E-state index contributed by atoms with van der Waals surface area (Å²) in [5.41, 5.74) is 5.37. The molecule has 2 unspecified atom stereocenters. The van der Waals surface area contributed by atoms with Crippen molar-refractivity contribution >= 4 is 19.8 Å². The molecule has 0 rings (SSSR count). The summed E-state index contributed by atoms with van der Waals surface area (Å²) in [6.45, 7) is 3.81. The number of hydrogen-bond donors (Lipinski definition) is 2. The molecule has 0 aromatic carbocycles. The highest BCUT2D eigenvalue weighted by molar-refractivity contribution is 7.47. The van der Waals surface area contributed by atoms with Crippen LogP contribution in [0.5, 0.6) is 0 Å². The van der Waals surface area contributed by atoms with Crippen molar-refractivity contribution in [2.75, 3.05) is 26.4 Å².